The molecule has 0 spiro atoms. The van der Waals surface area contributed by atoms with Gasteiger partial charge in [-0.25, -0.2) is 0 Å². The molecule has 0 bridgehead atoms. The lowest BCUT2D eigenvalue weighted by Crippen LogP contribution is -2.31. The van der Waals surface area contributed by atoms with E-state index in [1.807, 2.05) is 24.3 Å². The Morgan fingerprint density at radius 1 is 0.415 bits per heavy atom. The number of hydrogen-bond acceptors (Lipinski definition) is 4. The van der Waals surface area contributed by atoms with Gasteiger partial charge in [0.05, 0.1) is 18.6 Å². The third kappa shape index (κ3) is 6.66. The van der Waals surface area contributed by atoms with Gasteiger partial charge in [0.1, 0.15) is 24.7 Å². The van der Waals surface area contributed by atoms with Crippen molar-refractivity contribution in [3.8, 4) is 11.5 Å². The molecule has 4 aromatic rings. The molecular weight excluding hydrogens is 508 g/mol. The van der Waals surface area contributed by atoms with E-state index in [0.29, 0.717) is 0 Å². The summed E-state index contributed by atoms with van der Waals surface area (Å²) < 4.78 is 11.4. The average Bonchev–Trinajstić information content (AvgIpc) is 2.96. The summed E-state index contributed by atoms with van der Waals surface area (Å²) in [4.78, 5) is 0. The van der Waals surface area contributed by atoms with Gasteiger partial charge in [-0.2, -0.15) is 0 Å². The second kappa shape index (κ2) is 12.5. The van der Waals surface area contributed by atoms with Gasteiger partial charge in [0, 0.05) is 0 Å². The molecule has 0 aliphatic heterocycles. The van der Waals surface area contributed by atoms with E-state index in [9.17, 15) is 10.2 Å². The van der Waals surface area contributed by atoms with E-state index in [4.69, 9.17) is 9.47 Å². The fourth-order valence-electron chi connectivity index (χ4n) is 5.37. The summed E-state index contributed by atoms with van der Waals surface area (Å²) in [6, 6.07) is 34.4. The SMILES string of the molecule is CC(C)(C)c1ccc(C(c2ccc(OCCO)cc2)(c2ccc(OCCO)cc2)c2ccc(C(C)(C)C)cc2)cc1. The zero-order valence-corrected chi connectivity index (χ0v) is 25.3. The highest BCUT2D eigenvalue weighted by Gasteiger charge is 2.39. The van der Waals surface area contributed by atoms with E-state index < -0.39 is 5.41 Å². The minimum absolute atomic E-state index is 0.0311. The normalized spacial score (nSPS) is 12.3. The maximum absolute atomic E-state index is 9.24. The predicted octanol–water partition coefficient (Wildman–Crippen LogP) is 7.41. The monoisotopic (exact) mass is 552 g/mol. The topological polar surface area (TPSA) is 58.9 Å². The first-order valence-corrected chi connectivity index (χ1v) is 14.4. The first-order chi connectivity index (χ1) is 19.5. The van der Waals surface area contributed by atoms with Crippen molar-refractivity contribution in [1.82, 2.24) is 0 Å². The number of ether oxygens (including phenoxy) is 2. The average molecular weight is 553 g/mol. The van der Waals surface area contributed by atoms with Crippen LogP contribution in [0.4, 0.5) is 0 Å². The van der Waals surface area contributed by atoms with E-state index >= 15 is 0 Å². The van der Waals surface area contributed by atoms with Gasteiger partial charge in [0.15, 0.2) is 0 Å². The number of hydrogen-bond donors (Lipinski definition) is 2. The molecule has 0 fully saturated rings. The largest absolute Gasteiger partial charge is 0.491 e. The number of rotatable bonds is 10. The molecule has 0 heterocycles. The molecule has 0 saturated heterocycles. The molecule has 0 radical (unpaired) electrons. The third-order valence-electron chi connectivity index (χ3n) is 7.66. The van der Waals surface area contributed by atoms with Crippen molar-refractivity contribution in [2.24, 2.45) is 0 Å². The smallest absolute Gasteiger partial charge is 0.119 e. The molecule has 0 aliphatic rings. The first-order valence-electron chi connectivity index (χ1n) is 14.4. The van der Waals surface area contributed by atoms with Crippen LogP contribution in [0.5, 0.6) is 11.5 Å². The first kappa shape index (κ1) is 30.4. The fourth-order valence-corrected chi connectivity index (χ4v) is 5.37. The molecule has 4 heteroatoms. The van der Waals surface area contributed by atoms with E-state index in [1.165, 1.54) is 11.1 Å². The lowest BCUT2D eigenvalue weighted by Gasteiger charge is -2.38. The Bertz CT molecular complexity index is 1260. The molecule has 0 aliphatic carbocycles. The summed E-state index contributed by atoms with van der Waals surface area (Å²) in [7, 11) is 0. The van der Waals surface area contributed by atoms with Crippen molar-refractivity contribution in [3.63, 3.8) is 0 Å². The van der Waals surface area contributed by atoms with Crippen LogP contribution in [0.15, 0.2) is 97.1 Å². The van der Waals surface area contributed by atoms with Gasteiger partial charge in [0.2, 0.25) is 0 Å². The Kier molecular flexibility index (Phi) is 9.26. The third-order valence-corrected chi connectivity index (χ3v) is 7.66. The summed E-state index contributed by atoms with van der Waals surface area (Å²) in [5.41, 5.74) is 6.51. The highest BCUT2D eigenvalue weighted by atomic mass is 16.5. The Morgan fingerprint density at radius 3 is 0.902 bits per heavy atom. The van der Waals surface area contributed by atoms with E-state index in [2.05, 4.69) is 114 Å². The van der Waals surface area contributed by atoms with Gasteiger partial charge in [-0.05, 0) is 68.5 Å². The maximum atomic E-state index is 9.24. The molecule has 4 nitrogen and oxygen atoms in total. The van der Waals surface area contributed by atoms with Crippen LogP contribution in [-0.2, 0) is 16.2 Å². The zero-order chi connectivity index (χ0) is 29.7. The van der Waals surface area contributed by atoms with Crippen molar-refractivity contribution in [3.05, 3.63) is 130 Å². The number of benzene rings is 4. The summed E-state index contributed by atoms with van der Waals surface area (Å²) in [5, 5.41) is 18.5. The van der Waals surface area contributed by atoms with Crippen molar-refractivity contribution in [2.45, 2.75) is 57.8 Å². The van der Waals surface area contributed by atoms with Crippen LogP contribution in [0.3, 0.4) is 0 Å². The molecule has 0 saturated carbocycles. The maximum Gasteiger partial charge on any atom is 0.119 e. The minimum Gasteiger partial charge on any atom is -0.491 e. The number of aliphatic hydroxyl groups is 2. The standard InChI is InChI=1S/C37H44O4/c1-35(2,3)27-7-11-29(12-8-27)37(30-13-9-28(10-14-30)36(4,5)6,31-15-19-33(20-16-31)40-25-23-38)32-17-21-34(22-18-32)41-26-24-39/h7-22,38-39H,23-26H2,1-6H3. The highest BCUT2D eigenvalue weighted by molar-refractivity contribution is 5.61. The van der Waals surface area contributed by atoms with Gasteiger partial charge in [0.25, 0.3) is 0 Å². The van der Waals surface area contributed by atoms with E-state index in [-0.39, 0.29) is 37.3 Å². The quantitative estimate of drug-likeness (QED) is 0.201. The van der Waals surface area contributed by atoms with E-state index in [0.717, 1.165) is 33.8 Å². The Morgan fingerprint density at radius 2 is 0.659 bits per heavy atom. The van der Waals surface area contributed by atoms with Crippen molar-refractivity contribution < 1.29 is 19.7 Å². The molecule has 4 aromatic carbocycles. The molecule has 216 valence electrons. The predicted molar refractivity (Wildman–Crippen MR) is 167 cm³/mol. The Balaban J connectivity index is 2.00. The second-order valence-electron chi connectivity index (χ2n) is 12.6. The van der Waals surface area contributed by atoms with Crippen LogP contribution < -0.4 is 9.47 Å². The molecule has 2 N–H and O–H groups in total. The highest BCUT2D eigenvalue weighted by Crippen LogP contribution is 2.46. The second-order valence-corrected chi connectivity index (χ2v) is 12.6. The van der Waals surface area contributed by atoms with Crippen molar-refractivity contribution in [2.75, 3.05) is 26.4 Å². The Hall–Kier alpha value is -3.60. The summed E-state index contributed by atoms with van der Waals surface area (Å²) in [5.74, 6) is 1.44. The van der Waals surface area contributed by atoms with Crippen LogP contribution in [0.1, 0.15) is 74.9 Å². The molecule has 0 unspecified atom stereocenters. The van der Waals surface area contributed by atoms with Crippen LogP contribution >= 0.6 is 0 Å². The lowest BCUT2D eigenvalue weighted by atomic mass is 9.64. The molecule has 4 rings (SSSR count). The van der Waals surface area contributed by atoms with Crippen LogP contribution in [-0.4, -0.2) is 36.6 Å². The molecule has 0 atom stereocenters. The van der Waals surface area contributed by atoms with Crippen LogP contribution in [0.25, 0.3) is 0 Å². The van der Waals surface area contributed by atoms with Crippen LogP contribution in [0.2, 0.25) is 0 Å². The van der Waals surface area contributed by atoms with Crippen molar-refractivity contribution >= 4 is 0 Å². The fraction of sp³-hybridized carbons (Fsp3) is 0.351. The molecule has 41 heavy (non-hydrogen) atoms. The summed E-state index contributed by atoms with van der Waals surface area (Å²) in [6.45, 7) is 13.8. The van der Waals surface area contributed by atoms with Gasteiger partial charge in [-0.15, -0.1) is 0 Å². The van der Waals surface area contributed by atoms with Gasteiger partial charge < -0.3 is 19.7 Å². The van der Waals surface area contributed by atoms with E-state index in [1.54, 1.807) is 0 Å². The zero-order valence-electron chi connectivity index (χ0n) is 25.3. The summed E-state index contributed by atoms with van der Waals surface area (Å²) in [6.07, 6.45) is 0. The molecule has 0 amide bonds. The minimum atomic E-state index is -0.627. The number of aliphatic hydroxyl groups excluding tert-OH is 2. The Labute approximate surface area is 245 Å². The van der Waals surface area contributed by atoms with Gasteiger partial charge in [-0.1, -0.05) is 114 Å². The van der Waals surface area contributed by atoms with Crippen molar-refractivity contribution in [1.29, 1.82) is 0 Å². The van der Waals surface area contributed by atoms with Gasteiger partial charge >= 0.3 is 0 Å². The van der Waals surface area contributed by atoms with Gasteiger partial charge in [-0.3, -0.25) is 0 Å². The summed E-state index contributed by atoms with van der Waals surface area (Å²) >= 11 is 0. The lowest BCUT2D eigenvalue weighted by molar-refractivity contribution is 0.201. The molecular formula is C37H44O4. The van der Waals surface area contributed by atoms with Crippen LogP contribution in [0, 0.1) is 0 Å². The molecule has 0 aromatic heterocycles.